The number of likely N-dealkylation sites (tertiary alicyclic amines) is 1. The Morgan fingerprint density at radius 1 is 1.06 bits per heavy atom. The van der Waals surface area contributed by atoms with Crippen LogP contribution in [-0.4, -0.2) is 49.6 Å². The van der Waals surface area contributed by atoms with E-state index in [0.717, 1.165) is 29.7 Å². The predicted octanol–water partition coefficient (Wildman–Crippen LogP) is 3.89. The van der Waals surface area contributed by atoms with Gasteiger partial charge in [0.25, 0.3) is 5.91 Å². The lowest BCUT2D eigenvalue weighted by Crippen LogP contribution is -2.46. The topological polar surface area (TPSA) is 67.9 Å². The number of hydrogen-bond donors (Lipinski definition) is 1. The van der Waals surface area contributed by atoms with Crippen LogP contribution in [0.5, 0.6) is 11.5 Å². The first-order valence-electron chi connectivity index (χ1n) is 10.9. The number of nitrogens with zero attached hydrogens (tertiary/aromatic N) is 1. The second kappa shape index (κ2) is 10.8. The average molecular weight is 425 g/mol. The molecule has 0 unspecified atom stereocenters. The van der Waals surface area contributed by atoms with Crippen LogP contribution >= 0.6 is 0 Å². The lowest BCUT2D eigenvalue weighted by molar-refractivity contribution is -0.122. The third kappa shape index (κ3) is 6.23. The monoisotopic (exact) mass is 424 g/mol. The first-order chi connectivity index (χ1) is 15.0. The Kier molecular flexibility index (Phi) is 7.93. The Hall–Kier alpha value is -3.02. The summed E-state index contributed by atoms with van der Waals surface area (Å²) in [6.07, 6.45) is 2.64. The summed E-state index contributed by atoms with van der Waals surface area (Å²) in [5.74, 6) is 1.64. The summed E-state index contributed by atoms with van der Waals surface area (Å²) in [5, 5.41) is 3.11. The molecule has 0 radical (unpaired) electrons. The SMILES string of the molecule is COc1cccc(C(=O)N2CCC(NC(=O)CCCOc3c(C)cccc3C)CC2)c1. The molecule has 1 aliphatic heterocycles. The van der Waals surface area contributed by atoms with Crippen molar-refractivity contribution in [2.24, 2.45) is 0 Å². The molecule has 2 aromatic carbocycles. The van der Waals surface area contributed by atoms with Gasteiger partial charge in [0, 0.05) is 31.1 Å². The minimum Gasteiger partial charge on any atom is -0.497 e. The molecule has 0 aromatic heterocycles. The fourth-order valence-electron chi connectivity index (χ4n) is 3.90. The molecule has 2 aromatic rings. The van der Waals surface area contributed by atoms with Crippen molar-refractivity contribution < 1.29 is 19.1 Å². The zero-order valence-electron chi connectivity index (χ0n) is 18.6. The first-order valence-corrected chi connectivity index (χ1v) is 10.9. The van der Waals surface area contributed by atoms with Crippen molar-refractivity contribution in [2.75, 3.05) is 26.8 Å². The number of nitrogens with one attached hydrogen (secondary N) is 1. The van der Waals surface area contributed by atoms with Crippen LogP contribution in [0.3, 0.4) is 0 Å². The van der Waals surface area contributed by atoms with Gasteiger partial charge < -0.3 is 19.7 Å². The standard InChI is InChI=1S/C25H32N2O4/c1-18-7-4-8-19(2)24(18)31-16-6-11-23(28)26-21-12-14-27(15-13-21)25(29)20-9-5-10-22(17-20)30-3/h4-5,7-10,17,21H,6,11-16H2,1-3H3,(H,26,28). The number of piperidine rings is 1. The van der Waals surface area contributed by atoms with Gasteiger partial charge in [-0.3, -0.25) is 9.59 Å². The van der Waals surface area contributed by atoms with E-state index in [1.54, 1.807) is 19.2 Å². The number of benzene rings is 2. The van der Waals surface area contributed by atoms with Gasteiger partial charge in [-0.25, -0.2) is 0 Å². The highest BCUT2D eigenvalue weighted by molar-refractivity contribution is 5.94. The van der Waals surface area contributed by atoms with Gasteiger partial charge in [-0.15, -0.1) is 0 Å². The molecule has 1 saturated heterocycles. The molecule has 0 atom stereocenters. The van der Waals surface area contributed by atoms with E-state index in [2.05, 4.69) is 5.32 Å². The Bertz CT molecular complexity index is 884. The molecule has 0 bridgehead atoms. The first kappa shape index (κ1) is 22.7. The normalized spacial score (nSPS) is 14.2. The van der Waals surface area contributed by atoms with Crippen LogP contribution in [0.2, 0.25) is 0 Å². The fourth-order valence-corrected chi connectivity index (χ4v) is 3.90. The van der Waals surface area contributed by atoms with E-state index in [-0.39, 0.29) is 17.9 Å². The number of amides is 2. The average Bonchev–Trinajstić information content (AvgIpc) is 2.78. The molecular formula is C25H32N2O4. The van der Waals surface area contributed by atoms with Gasteiger partial charge in [-0.1, -0.05) is 24.3 Å². The van der Waals surface area contributed by atoms with E-state index in [1.165, 1.54) is 0 Å². The number of hydrogen-bond acceptors (Lipinski definition) is 4. The number of methoxy groups -OCH3 is 1. The van der Waals surface area contributed by atoms with E-state index >= 15 is 0 Å². The van der Waals surface area contributed by atoms with Crippen molar-refractivity contribution in [1.82, 2.24) is 10.2 Å². The van der Waals surface area contributed by atoms with E-state index in [4.69, 9.17) is 9.47 Å². The van der Waals surface area contributed by atoms with Gasteiger partial charge in [0.1, 0.15) is 11.5 Å². The molecule has 3 rings (SSSR count). The number of rotatable bonds is 8. The summed E-state index contributed by atoms with van der Waals surface area (Å²) < 4.78 is 11.1. The zero-order chi connectivity index (χ0) is 22.2. The maximum Gasteiger partial charge on any atom is 0.253 e. The van der Waals surface area contributed by atoms with Crippen molar-refractivity contribution in [1.29, 1.82) is 0 Å². The number of carbonyl (C=O) groups is 2. The van der Waals surface area contributed by atoms with Crippen molar-refractivity contribution in [2.45, 2.75) is 45.6 Å². The molecule has 1 aliphatic rings. The fraction of sp³-hybridized carbons (Fsp3) is 0.440. The van der Waals surface area contributed by atoms with Crippen molar-refractivity contribution >= 4 is 11.8 Å². The lowest BCUT2D eigenvalue weighted by atomic mass is 10.0. The van der Waals surface area contributed by atoms with E-state index < -0.39 is 0 Å². The largest absolute Gasteiger partial charge is 0.497 e. The second-order valence-corrected chi connectivity index (χ2v) is 8.04. The third-order valence-electron chi connectivity index (χ3n) is 5.67. The molecule has 2 amide bonds. The summed E-state index contributed by atoms with van der Waals surface area (Å²) in [4.78, 5) is 26.9. The van der Waals surface area contributed by atoms with Crippen LogP contribution in [0.1, 0.15) is 47.2 Å². The minimum absolute atomic E-state index is 0.00678. The van der Waals surface area contributed by atoms with Gasteiger partial charge >= 0.3 is 0 Å². The van der Waals surface area contributed by atoms with Gasteiger partial charge in [0.05, 0.1) is 13.7 Å². The minimum atomic E-state index is 0.00678. The van der Waals surface area contributed by atoms with E-state index in [1.807, 2.05) is 49.1 Å². The maximum atomic E-state index is 12.7. The molecular weight excluding hydrogens is 392 g/mol. The molecule has 6 heteroatoms. The van der Waals surface area contributed by atoms with E-state index in [9.17, 15) is 9.59 Å². The highest BCUT2D eigenvalue weighted by Crippen LogP contribution is 2.22. The Morgan fingerprint density at radius 2 is 1.74 bits per heavy atom. The summed E-state index contributed by atoms with van der Waals surface area (Å²) >= 11 is 0. The maximum absolute atomic E-state index is 12.7. The van der Waals surface area contributed by atoms with Gasteiger partial charge in [0.2, 0.25) is 5.91 Å². The van der Waals surface area contributed by atoms with Crippen LogP contribution in [0.25, 0.3) is 0 Å². The number of para-hydroxylation sites is 1. The van der Waals surface area contributed by atoms with Crippen LogP contribution in [0, 0.1) is 13.8 Å². The summed E-state index contributed by atoms with van der Waals surface area (Å²) in [7, 11) is 1.59. The van der Waals surface area contributed by atoms with Crippen LogP contribution in [0.4, 0.5) is 0 Å². The smallest absolute Gasteiger partial charge is 0.253 e. The Balaban J connectivity index is 1.37. The Morgan fingerprint density at radius 3 is 2.42 bits per heavy atom. The summed E-state index contributed by atoms with van der Waals surface area (Å²) in [5.41, 5.74) is 2.85. The van der Waals surface area contributed by atoms with E-state index in [0.29, 0.717) is 43.9 Å². The molecule has 1 N–H and O–H groups in total. The molecule has 1 heterocycles. The molecule has 1 fully saturated rings. The third-order valence-corrected chi connectivity index (χ3v) is 5.67. The summed E-state index contributed by atoms with van der Waals surface area (Å²) in [6, 6.07) is 13.4. The highest BCUT2D eigenvalue weighted by Gasteiger charge is 2.24. The molecule has 6 nitrogen and oxygen atoms in total. The van der Waals surface area contributed by atoms with Gasteiger partial charge in [-0.2, -0.15) is 0 Å². The molecule has 0 saturated carbocycles. The molecule has 31 heavy (non-hydrogen) atoms. The van der Waals surface area contributed by atoms with Gasteiger partial charge in [-0.05, 0) is 62.4 Å². The Labute approximate surface area is 184 Å². The number of aryl methyl sites for hydroxylation is 2. The second-order valence-electron chi connectivity index (χ2n) is 8.04. The molecule has 0 spiro atoms. The van der Waals surface area contributed by atoms with Crippen molar-refractivity contribution in [3.8, 4) is 11.5 Å². The van der Waals surface area contributed by atoms with Gasteiger partial charge in [0.15, 0.2) is 0 Å². The summed E-state index contributed by atoms with van der Waals surface area (Å²) in [6.45, 7) is 5.85. The van der Waals surface area contributed by atoms with Crippen molar-refractivity contribution in [3.63, 3.8) is 0 Å². The zero-order valence-corrected chi connectivity index (χ0v) is 18.6. The van der Waals surface area contributed by atoms with Crippen LogP contribution < -0.4 is 14.8 Å². The van der Waals surface area contributed by atoms with Crippen LogP contribution in [0.15, 0.2) is 42.5 Å². The van der Waals surface area contributed by atoms with Crippen molar-refractivity contribution in [3.05, 3.63) is 59.2 Å². The molecule has 166 valence electrons. The number of ether oxygens (including phenoxy) is 2. The number of carbonyl (C=O) groups excluding carboxylic acids is 2. The van der Waals surface area contributed by atoms with Crippen LogP contribution in [-0.2, 0) is 4.79 Å². The quantitative estimate of drug-likeness (QED) is 0.653. The highest BCUT2D eigenvalue weighted by atomic mass is 16.5. The predicted molar refractivity (Wildman–Crippen MR) is 121 cm³/mol. The lowest BCUT2D eigenvalue weighted by Gasteiger charge is -2.32. The molecule has 0 aliphatic carbocycles.